The molecule has 0 spiro atoms. The molecule has 0 radical (unpaired) electrons. The zero-order chi connectivity index (χ0) is 22.3. The molecule has 7 nitrogen and oxygen atoms in total. The lowest BCUT2D eigenvalue weighted by Gasteiger charge is -2.36. The first-order chi connectivity index (χ1) is 14.9. The smallest absolute Gasteiger partial charge is 0.411 e. The normalized spacial score (nSPS) is 15.3. The average Bonchev–Trinajstić information content (AvgIpc) is 3.28. The number of benzene rings is 1. The standard InChI is InChI=1S/C21H25F3N4O3/c1-25-20(28-9-7-27(8-10-28)19(29)18-6-3-11-31-18)26-13-16-4-2-5-17(12-16)14-30-15-21(22,23)24/h2-6,11-12H,7-10,13-15H2,1H3,(H,25,26). The van der Waals surface area contributed by atoms with Gasteiger partial charge in [-0.2, -0.15) is 13.2 Å². The van der Waals surface area contributed by atoms with Gasteiger partial charge in [-0.3, -0.25) is 9.79 Å². The molecular formula is C21H25F3N4O3. The highest BCUT2D eigenvalue weighted by Gasteiger charge is 2.27. The number of alkyl halides is 3. The topological polar surface area (TPSA) is 70.3 Å². The first-order valence-electron chi connectivity index (χ1n) is 9.86. The van der Waals surface area contributed by atoms with Crippen LogP contribution in [0.5, 0.6) is 0 Å². The van der Waals surface area contributed by atoms with E-state index < -0.39 is 12.8 Å². The number of piperazine rings is 1. The van der Waals surface area contributed by atoms with Crippen LogP contribution in [0.15, 0.2) is 52.1 Å². The van der Waals surface area contributed by atoms with Gasteiger partial charge in [0.2, 0.25) is 0 Å². The second-order valence-corrected chi connectivity index (χ2v) is 7.09. The van der Waals surface area contributed by atoms with Gasteiger partial charge in [0.1, 0.15) is 6.61 Å². The van der Waals surface area contributed by atoms with Crippen molar-refractivity contribution in [3.8, 4) is 0 Å². The number of nitrogens with zero attached hydrogens (tertiary/aromatic N) is 3. The van der Waals surface area contributed by atoms with Crippen molar-refractivity contribution in [1.29, 1.82) is 0 Å². The fourth-order valence-electron chi connectivity index (χ4n) is 3.30. The lowest BCUT2D eigenvalue weighted by Crippen LogP contribution is -2.53. The lowest BCUT2D eigenvalue weighted by molar-refractivity contribution is -0.176. The summed E-state index contributed by atoms with van der Waals surface area (Å²) < 4.78 is 46.6. The van der Waals surface area contributed by atoms with Crippen LogP contribution < -0.4 is 5.32 Å². The molecule has 1 aliphatic heterocycles. The van der Waals surface area contributed by atoms with Gasteiger partial charge >= 0.3 is 6.18 Å². The van der Waals surface area contributed by atoms with E-state index in [0.29, 0.717) is 50.0 Å². The van der Waals surface area contributed by atoms with E-state index in [4.69, 9.17) is 9.15 Å². The molecule has 10 heteroatoms. The molecule has 0 bridgehead atoms. The van der Waals surface area contributed by atoms with Gasteiger partial charge in [0.05, 0.1) is 12.9 Å². The molecule has 1 fully saturated rings. The van der Waals surface area contributed by atoms with Crippen molar-refractivity contribution in [3.63, 3.8) is 0 Å². The summed E-state index contributed by atoms with van der Waals surface area (Å²) in [7, 11) is 1.68. The van der Waals surface area contributed by atoms with E-state index in [2.05, 4.69) is 15.2 Å². The highest BCUT2D eigenvalue weighted by molar-refractivity contribution is 5.91. The SMILES string of the molecule is CN=C(NCc1cccc(COCC(F)(F)F)c1)N1CCN(C(=O)c2ccco2)CC1. The van der Waals surface area contributed by atoms with Crippen LogP contribution in [0.3, 0.4) is 0 Å². The van der Waals surface area contributed by atoms with Crippen LogP contribution in [0, 0.1) is 0 Å². The Morgan fingerprint density at radius 1 is 1.13 bits per heavy atom. The number of amides is 1. The summed E-state index contributed by atoms with van der Waals surface area (Å²) in [4.78, 5) is 20.5. The van der Waals surface area contributed by atoms with E-state index in [-0.39, 0.29) is 12.5 Å². The molecule has 2 heterocycles. The first kappa shape index (κ1) is 22.7. The molecule has 1 aromatic heterocycles. The third-order valence-electron chi connectivity index (χ3n) is 4.79. The van der Waals surface area contributed by atoms with Gasteiger partial charge in [-0.1, -0.05) is 24.3 Å². The van der Waals surface area contributed by atoms with Crippen molar-refractivity contribution in [2.24, 2.45) is 4.99 Å². The maximum Gasteiger partial charge on any atom is 0.411 e. The van der Waals surface area contributed by atoms with E-state index >= 15 is 0 Å². The molecule has 2 aromatic rings. The quantitative estimate of drug-likeness (QED) is 0.555. The minimum absolute atomic E-state index is 0.103. The minimum atomic E-state index is -4.34. The van der Waals surface area contributed by atoms with Crippen molar-refractivity contribution in [3.05, 3.63) is 59.5 Å². The molecule has 0 atom stereocenters. The number of hydrogen-bond donors (Lipinski definition) is 1. The second-order valence-electron chi connectivity index (χ2n) is 7.09. The van der Waals surface area contributed by atoms with Crippen LogP contribution in [-0.4, -0.2) is 67.7 Å². The number of carbonyl (C=O) groups excluding carboxylic acids is 1. The zero-order valence-corrected chi connectivity index (χ0v) is 17.2. The number of carbonyl (C=O) groups is 1. The van der Waals surface area contributed by atoms with E-state index in [1.807, 2.05) is 6.07 Å². The fourth-order valence-corrected chi connectivity index (χ4v) is 3.30. The summed E-state index contributed by atoms with van der Waals surface area (Å²) in [5.74, 6) is 0.899. The Hall–Kier alpha value is -3.01. The van der Waals surface area contributed by atoms with Gasteiger partial charge < -0.3 is 24.3 Å². The summed E-state index contributed by atoms with van der Waals surface area (Å²) in [6, 6.07) is 10.5. The number of nitrogens with one attached hydrogen (secondary N) is 1. The largest absolute Gasteiger partial charge is 0.459 e. The van der Waals surface area contributed by atoms with Crippen LogP contribution >= 0.6 is 0 Å². The molecular weight excluding hydrogens is 413 g/mol. The molecule has 1 amide bonds. The Bertz CT molecular complexity index is 876. The van der Waals surface area contributed by atoms with Gasteiger partial charge in [0.15, 0.2) is 11.7 Å². The van der Waals surface area contributed by atoms with Crippen molar-refractivity contribution in [1.82, 2.24) is 15.1 Å². The number of aliphatic imine (C=N–C) groups is 1. The molecule has 1 N–H and O–H groups in total. The van der Waals surface area contributed by atoms with Crippen molar-refractivity contribution < 1.29 is 27.1 Å². The lowest BCUT2D eigenvalue weighted by atomic mass is 10.1. The number of rotatable bonds is 6. The molecule has 168 valence electrons. The molecule has 0 saturated carbocycles. The Balaban J connectivity index is 1.48. The molecule has 1 saturated heterocycles. The Kier molecular flexibility index (Phi) is 7.56. The van der Waals surface area contributed by atoms with Crippen LogP contribution in [0.4, 0.5) is 13.2 Å². The van der Waals surface area contributed by atoms with Crippen molar-refractivity contribution in [2.75, 3.05) is 39.8 Å². The van der Waals surface area contributed by atoms with Gasteiger partial charge in [0, 0.05) is 39.8 Å². The molecule has 0 unspecified atom stereocenters. The number of ether oxygens (including phenoxy) is 1. The monoisotopic (exact) mass is 438 g/mol. The predicted octanol–water partition coefficient (Wildman–Crippen LogP) is 2.89. The van der Waals surface area contributed by atoms with Crippen molar-refractivity contribution >= 4 is 11.9 Å². The third-order valence-corrected chi connectivity index (χ3v) is 4.79. The maximum atomic E-state index is 12.4. The molecule has 1 aliphatic rings. The Morgan fingerprint density at radius 3 is 2.48 bits per heavy atom. The van der Waals surface area contributed by atoms with Crippen LogP contribution in [0.2, 0.25) is 0 Å². The van der Waals surface area contributed by atoms with E-state index in [1.165, 1.54) is 6.26 Å². The summed E-state index contributed by atoms with van der Waals surface area (Å²) in [6.45, 7) is 1.43. The van der Waals surface area contributed by atoms with Gasteiger partial charge in [-0.25, -0.2) is 0 Å². The fraction of sp³-hybridized carbons (Fsp3) is 0.429. The van der Waals surface area contributed by atoms with Crippen LogP contribution in [0.1, 0.15) is 21.7 Å². The highest BCUT2D eigenvalue weighted by atomic mass is 19.4. The summed E-state index contributed by atoms with van der Waals surface area (Å²) in [6.07, 6.45) is -2.86. The third kappa shape index (κ3) is 6.74. The van der Waals surface area contributed by atoms with Gasteiger partial charge in [-0.05, 0) is 23.3 Å². The number of furan rings is 1. The number of guanidine groups is 1. The predicted molar refractivity (Wildman–Crippen MR) is 109 cm³/mol. The summed E-state index contributed by atoms with van der Waals surface area (Å²) >= 11 is 0. The van der Waals surface area contributed by atoms with Crippen molar-refractivity contribution in [2.45, 2.75) is 19.3 Å². The maximum absolute atomic E-state index is 12.4. The van der Waals surface area contributed by atoms with Crippen LogP contribution in [-0.2, 0) is 17.9 Å². The molecule has 3 rings (SSSR count). The molecule has 1 aromatic carbocycles. The molecule has 31 heavy (non-hydrogen) atoms. The number of hydrogen-bond acceptors (Lipinski definition) is 4. The van der Waals surface area contributed by atoms with Gasteiger partial charge in [-0.15, -0.1) is 0 Å². The highest BCUT2D eigenvalue weighted by Crippen LogP contribution is 2.16. The Morgan fingerprint density at radius 2 is 1.84 bits per heavy atom. The Labute approximate surface area is 178 Å². The van der Waals surface area contributed by atoms with E-state index in [1.54, 1.807) is 42.3 Å². The average molecular weight is 438 g/mol. The first-order valence-corrected chi connectivity index (χ1v) is 9.86. The van der Waals surface area contributed by atoms with Gasteiger partial charge in [0.25, 0.3) is 5.91 Å². The van der Waals surface area contributed by atoms with E-state index in [0.717, 1.165) is 5.56 Å². The zero-order valence-electron chi connectivity index (χ0n) is 17.2. The van der Waals surface area contributed by atoms with Crippen LogP contribution in [0.25, 0.3) is 0 Å². The minimum Gasteiger partial charge on any atom is -0.459 e. The second kappa shape index (κ2) is 10.3. The number of halogens is 3. The summed E-state index contributed by atoms with van der Waals surface area (Å²) in [5, 5.41) is 3.27. The van der Waals surface area contributed by atoms with E-state index in [9.17, 15) is 18.0 Å². The molecule has 0 aliphatic carbocycles. The summed E-state index contributed by atoms with van der Waals surface area (Å²) in [5.41, 5.74) is 1.57.